The lowest BCUT2D eigenvalue weighted by atomic mass is 9.40. The van der Waals surface area contributed by atoms with Crippen molar-refractivity contribution >= 4 is 0 Å². The van der Waals surface area contributed by atoms with Crippen molar-refractivity contribution in [3.8, 4) is 5.75 Å². The first-order valence-corrected chi connectivity index (χ1v) is 23.8. The minimum Gasteiger partial charge on any atom is -0.490 e. The quantitative estimate of drug-likeness (QED) is 0.264. The number of ether oxygens (including phenoxy) is 2. The van der Waals surface area contributed by atoms with Gasteiger partial charge in [0.1, 0.15) is 18.5 Å². The molecular formula is C50H68O2. The maximum Gasteiger partial charge on any atom is 0.127 e. The Labute approximate surface area is 315 Å². The summed E-state index contributed by atoms with van der Waals surface area (Å²) in [7, 11) is 0. The second-order valence-electron chi connectivity index (χ2n) is 24.5. The highest BCUT2D eigenvalue weighted by atomic mass is 16.6. The molecule has 17 fully saturated rings. The van der Waals surface area contributed by atoms with E-state index < -0.39 is 0 Å². The van der Waals surface area contributed by atoms with Crippen LogP contribution in [0.25, 0.3) is 0 Å². The molecule has 1 heterocycles. The molecule has 16 aliphatic carbocycles. The molecule has 2 atom stereocenters. The fraction of sp³-hybridized carbons (Fsp3) is 0.880. The summed E-state index contributed by atoms with van der Waals surface area (Å²) >= 11 is 0. The van der Waals surface area contributed by atoms with E-state index in [2.05, 4.69) is 18.6 Å². The van der Waals surface area contributed by atoms with E-state index in [1.54, 1.807) is 63.5 Å². The molecule has 18 rings (SSSR count). The van der Waals surface area contributed by atoms with Gasteiger partial charge in [0, 0.05) is 16.5 Å². The van der Waals surface area contributed by atoms with Crippen LogP contribution < -0.4 is 4.74 Å². The fourth-order valence-electron chi connectivity index (χ4n) is 21.0. The maximum atomic E-state index is 7.79. The molecule has 2 heteroatoms. The average molecular weight is 701 g/mol. The van der Waals surface area contributed by atoms with Crippen molar-refractivity contribution in [1.82, 2.24) is 0 Å². The van der Waals surface area contributed by atoms with Gasteiger partial charge in [-0.1, -0.05) is 6.07 Å². The molecule has 16 bridgehead atoms. The van der Waals surface area contributed by atoms with Crippen molar-refractivity contribution < 1.29 is 9.47 Å². The van der Waals surface area contributed by atoms with E-state index in [1.807, 2.05) is 16.7 Å². The molecule has 0 N–H and O–H groups in total. The number of rotatable bonds is 7. The van der Waals surface area contributed by atoms with E-state index >= 15 is 0 Å². The van der Waals surface area contributed by atoms with Gasteiger partial charge in [0.2, 0.25) is 0 Å². The third kappa shape index (κ3) is 4.30. The minimum atomic E-state index is 0.305. The van der Waals surface area contributed by atoms with Crippen molar-refractivity contribution in [2.24, 2.45) is 71.0 Å². The van der Waals surface area contributed by atoms with E-state index in [9.17, 15) is 0 Å². The summed E-state index contributed by atoms with van der Waals surface area (Å²) in [6, 6.07) is 3.12. The molecule has 0 aromatic heterocycles. The van der Waals surface area contributed by atoms with Gasteiger partial charge in [-0.25, -0.2) is 0 Å². The Morgan fingerprint density at radius 2 is 0.731 bits per heavy atom. The van der Waals surface area contributed by atoms with Gasteiger partial charge in [0.25, 0.3) is 0 Å². The van der Waals surface area contributed by atoms with Crippen molar-refractivity contribution in [3.63, 3.8) is 0 Å². The average Bonchev–Trinajstić information content (AvgIpc) is 3.78. The third-order valence-electron chi connectivity index (χ3n) is 20.9. The summed E-state index contributed by atoms with van der Waals surface area (Å²) in [5.41, 5.74) is 9.49. The number of benzene rings is 1. The molecular weight excluding hydrogens is 633 g/mol. The highest BCUT2D eigenvalue weighted by molar-refractivity contribution is 5.63. The fourth-order valence-corrected chi connectivity index (χ4v) is 21.0. The Hall–Kier alpha value is -1.02. The molecule has 0 amide bonds. The standard InChI is InChI=1S/C50H68O2/c1-28-43(52-28)27-51-46-42(48-18-32-5-33(19-48)7-34(6-32)20-48)14-41(47-15-29-2-30(16-47)4-31(3-29)17-47)44(49-21-35-8-36(22-49)10-37(9-35)23-49)45(46)50-24-38-11-39(25-50)13-40(12-38)26-50/h14,28-40,43H,2-13,15-27H2,1H3. The first-order valence-electron chi connectivity index (χ1n) is 23.8. The second-order valence-corrected chi connectivity index (χ2v) is 24.5. The van der Waals surface area contributed by atoms with Crippen LogP contribution in [-0.2, 0) is 26.4 Å². The van der Waals surface area contributed by atoms with E-state index in [0.717, 1.165) is 77.6 Å². The Kier molecular flexibility index (Phi) is 6.15. The number of epoxide rings is 1. The monoisotopic (exact) mass is 701 g/mol. The van der Waals surface area contributed by atoms with Crippen molar-refractivity contribution in [1.29, 1.82) is 0 Å². The lowest BCUT2D eigenvalue weighted by molar-refractivity contribution is -0.0266. The topological polar surface area (TPSA) is 21.8 Å². The zero-order valence-electron chi connectivity index (χ0n) is 32.7. The van der Waals surface area contributed by atoms with Crippen LogP contribution in [-0.4, -0.2) is 18.8 Å². The van der Waals surface area contributed by atoms with Gasteiger partial charge >= 0.3 is 0 Å². The largest absolute Gasteiger partial charge is 0.490 e. The zero-order valence-corrected chi connectivity index (χ0v) is 32.7. The summed E-state index contributed by atoms with van der Waals surface area (Å²) < 4.78 is 14.0. The Morgan fingerprint density at radius 3 is 1.06 bits per heavy atom. The molecule has 280 valence electrons. The van der Waals surface area contributed by atoms with Crippen LogP contribution >= 0.6 is 0 Å². The van der Waals surface area contributed by atoms with Crippen LogP contribution in [0.4, 0.5) is 0 Å². The minimum absolute atomic E-state index is 0.305. The van der Waals surface area contributed by atoms with Gasteiger partial charge in [0.15, 0.2) is 0 Å². The van der Waals surface area contributed by atoms with Crippen molar-refractivity contribution in [3.05, 3.63) is 28.3 Å². The van der Waals surface area contributed by atoms with E-state index in [4.69, 9.17) is 9.47 Å². The smallest absolute Gasteiger partial charge is 0.127 e. The van der Waals surface area contributed by atoms with Gasteiger partial charge in [-0.2, -0.15) is 0 Å². The lowest BCUT2D eigenvalue weighted by Gasteiger charge is -2.64. The predicted octanol–water partition coefficient (Wildman–Crippen LogP) is 11.7. The van der Waals surface area contributed by atoms with Gasteiger partial charge in [-0.3, -0.25) is 0 Å². The second kappa shape index (κ2) is 10.3. The van der Waals surface area contributed by atoms with Crippen LogP contribution in [0.2, 0.25) is 0 Å². The molecule has 0 radical (unpaired) electrons. The number of hydrogen-bond acceptors (Lipinski definition) is 2. The van der Waals surface area contributed by atoms with E-state index in [1.165, 1.54) is 96.3 Å². The van der Waals surface area contributed by atoms with E-state index in [0.29, 0.717) is 33.9 Å². The zero-order chi connectivity index (χ0) is 33.8. The Balaban J connectivity index is 1.07. The molecule has 16 saturated carbocycles. The van der Waals surface area contributed by atoms with Gasteiger partial charge in [-0.05, 0) is 259 Å². The Morgan fingerprint density at radius 1 is 0.442 bits per heavy atom. The third-order valence-corrected chi connectivity index (χ3v) is 20.9. The molecule has 1 aromatic carbocycles. The normalized spacial score (nSPS) is 57.7. The molecule has 1 saturated heterocycles. The van der Waals surface area contributed by atoms with Gasteiger partial charge in [0.05, 0.1) is 6.10 Å². The first-order chi connectivity index (χ1) is 25.3. The molecule has 52 heavy (non-hydrogen) atoms. The first kappa shape index (κ1) is 31.1. The summed E-state index contributed by atoms with van der Waals surface area (Å²) in [5.74, 6) is 13.4. The summed E-state index contributed by atoms with van der Waals surface area (Å²) in [4.78, 5) is 0. The van der Waals surface area contributed by atoms with Gasteiger partial charge in [-0.15, -0.1) is 0 Å². The summed E-state index contributed by atoms with van der Waals surface area (Å²) in [6.45, 7) is 3.10. The Bertz CT molecular complexity index is 1550. The van der Waals surface area contributed by atoms with Gasteiger partial charge < -0.3 is 9.47 Å². The van der Waals surface area contributed by atoms with Crippen molar-refractivity contribution in [2.75, 3.05) is 6.61 Å². The molecule has 2 nitrogen and oxygen atoms in total. The molecule has 2 unspecified atom stereocenters. The van der Waals surface area contributed by atoms with Crippen LogP contribution in [0.1, 0.15) is 183 Å². The molecule has 0 spiro atoms. The van der Waals surface area contributed by atoms with Crippen molar-refractivity contribution in [2.45, 2.75) is 195 Å². The molecule has 17 aliphatic rings. The molecule has 1 aliphatic heterocycles. The lowest BCUT2D eigenvalue weighted by Crippen LogP contribution is -2.55. The summed E-state index contributed by atoms with van der Waals surface area (Å²) in [5, 5.41) is 0. The van der Waals surface area contributed by atoms with Crippen LogP contribution in [0.15, 0.2) is 6.07 Å². The summed E-state index contributed by atoms with van der Waals surface area (Å²) in [6.07, 6.45) is 37.4. The highest BCUT2D eigenvalue weighted by Crippen LogP contribution is 2.72. The number of hydrogen-bond donors (Lipinski definition) is 0. The van der Waals surface area contributed by atoms with Crippen LogP contribution in [0.3, 0.4) is 0 Å². The SMILES string of the molecule is CC1OC1COc1c(C23CC4CC(CC(C4)C2)C3)cc(C23CC4CC(CC(C4)C2)C3)c(C23CC4CC(CC(C4)C2)C3)c1C12CC3CC(CC(C3)C1)C2. The van der Waals surface area contributed by atoms with Crippen LogP contribution in [0, 0.1) is 71.0 Å². The molecule has 1 aromatic rings. The van der Waals surface area contributed by atoms with E-state index in [-0.39, 0.29) is 0 Å². The predicted molar refractivity (Wildman–Crippen MR) is 206 cm³/mol. The van der Waals surface area contributed by atoms with Crippen LogP contribution in [0.5, 0.6) is 5.75 Å². The maximum absolute atomic E-state index is 7.79. The highest BCUT2D eigenvalue weighted by Gasteiger charge is 2.63.